The highest BCUT2D eigenvalue weighted by Gasteiger charge is 2.20. The maximum atomic E-state index is 12.1. The van der Waals surface area contributed by atoms with Crippen molar-refractivity contribution in [3.05, 3.63) is 71.9 Å². The first-order valence-electron chi connectivity index (χ1n) is 7.79. The first-order valence-corrected chi connectivity index (χ1v) is 7.79. The zero-order valence-electron chi connectivity index (χ0n) is 13.7. The summed E-state index contributed by atoms with van der Waals surface area (Å²) in [6.07, 6.45) is 1.62. The van der Waals surface area contributed by atoms with E-state index >= 15 is 0 Å². The molecule has 3 rings (SSSR count). The topological polar surface area (TPSA) is 72.1 Å². The number of para-hydroxylation sites is 1. The Kier molecular flexibility index (Phi) is 4.65. The summed E-state index contributed by atoms with van der Waals surface area (Å²) in [6.45, 7) is 4.30. The van der Waals surface area contributed by atoms with Gasteiger partial charge < -0.3 is 15.1 Å². The van der Waals surface area contributed by atoms with Crippen LogP contribution in [0.25, 0.3) is 0 Å². The quantitative estimate of drug-likeness (QED) is 0.754. The zero-order chi connectivity index (χ0) is 16.9. The Morgan fingerprint density at radius 3 is 2.62 bits per heavy atom. The average molecular weight is 324 g/mol. The summed E-state index contributed by atoms with van der Waals surface area (Å²) in [5.74, 6) is 0.751. The second-order valence-electron chi connectivity index (χ2n) is 5.60. The molecule has 24 heavy (non-hydrogen) atoms. The maximum absolute atomic E-state index is 12.1. The highest BCUT2D eigenvalue weighted by molar-refractivity contribution is 5.89. The molecule has 0 aliphatic rings. The number of urea groups is 1. The number of rotatable bonds is 5. The third-order valence-corrected chi connectivity index (χ3v) is 3.70. The summed E-state index contributed by atoms with van der Waals surface area (Å²) in [7, 11) is 0. The van der Waals surface area contributed by atoms with Gasteiger partial charge in [0, 0.05) is 17.9 Å². The first-order chi connectivity index (χ1) is 11.6. The summed E-state index contributed by atoms with van der Waals surface area (Å²) in [5, 5.41) is 10.2. The fourth-order valence-corrected chi connectivity index (χ4v) is 2.64. The van der Waals surface area contributed by atoms with Crippen molar-refractivity contribution in [1.29, 1.82) is 0 Å². The Bertz CT molecular complexity index is 794. The highest BCUT2D eigenvalue weighted by atomic mass is 16.3. The van der Waals surface area contributed by atoms with Gasteiger partial charge in [-0.05, 0) is 44.2 Å². The summed E-state index contributed by atoms with van der Waals surface area (Å²) in [5.41, 5.74) is 2.69. The van der Waals surface area contributed by atoms with Crippen LogP contribution in [0.1, 0.15) is 23.2 Å². The van der Waals surface area contributed by atoms with E-state index in [2.05, 4.69) is 15.7 Å². The lowest BCUT2D eigenvalue weighted by Crippen LogP contribution is -2.35. The van der Waals surface area contributed by atoms with E-state index in [9.17, 15) is 4.79 Å². The number of hydrogen-bond acceptors (Lipinski definition) is 3. The average Bonchev–Trinajstić information content (AvgIpc) is 3.19. The van der Waals surface area contributed by atoms with Crippen molar-refractivity contribution in [3.63, 3.8) is 0 Å². The second kappa shape index (κ2) is 7.04. The van der Waals surface area contributed by atoms with Gasteiger partial charge in [0.15, 0.2) is 0 Å². The highest BCUT2D eigenvalue weighted by Crippen LogP contribution is 2.20. The Morgan fingerprint density at radius 2 is 2.00 bits per heavy atom. The van der Waals surface area contributed by atoms with Gasteiger partial charge in [-0.1, -0.05) is 18.2 Å². The SMILES string of the molecule is Cc1cc(C)n(C(CNC(=O)Nc2ccccc2)c2ccco2)n1. The number of nitrogens with zero attached hydrogens (tertiary/aromatic N) is 2. The van der Waals surface area contributed by atoms with E-state index in [0.29, 0.717) is 6.54 Å². The lowest BCUT2D eigenvalue weighted by Gasteiger charge is -2.18. The smallest absolute Gasteiger partial charge is 0.319 e. The standard InChI is InChI=1S/C18H20N4O2/c1-13-11-14(2)22(21-13)16(17-9-6-10-24-17)12-19-18(23)20-15-7-4-3-5-8-15/h3-11,16H,12H2,1-2H3,(H2,19,20,23). The monoisotopic (exact) mass is 324 g/mol. The molecule has 2 aromatic heterocycles. The van der Waals surface area contributed by atoms with Crippen LogP contribution in [0.3, 0.4) is 0 Å². The van der Waals surface area contributed by atoms with Gasteiger partial charge in [-0.2, -0.15) is 5.10 Å². The number of hydrogen-bond donors (Lipinski definition) is 2. The molecule has 1 aromatic carbocycles. The van der Waals surface area contributed by atoms with Crippen LogP contribution in [0.4, 0.5) is 10.5 Å². The largest absolute Gasteiger partial charge is 0.467 e. The summed E-state index contributed by atoms with van der Waals surface area (Å²) >= 11 is 0. The Morgan fingerprint density at radius 1 is 1.21 bits per heavy atom. The van der Waals surface area contributed by atoms with Gasteiger partial charge in [-0.15, -0.1) is 0 Å². The fraction of sp³-hybridized carbons (Fsp3) is 0.222. The number of carbonyl (C=O) groups excluding carboxylic acids is 1. The van der Waals surface area contributed by atoms with Crippen LogP contribution in [0.5, 0.6) is 0 Å². The molecule has 0 aliphatic heterocycles. The molecule has 6 heteroatoms. The van der Waals surface area contributed by atoms with E-state index in [0.717, 1.165) is 22.8 Å². The van der Waals surface area contributed by atoms with Crippen LogP contribution >= 0.6 is 0 Å². The van der Waals surface area contributed by atoms with Gasteiger partial charge in [0.1, 0.15) is 11.8 Å². The molecule has 0 saturated heterocycles. The van der Waals surface area contributed by atoms with Crippen molar-refractivity contribution in [3.8, 4) is 0 Å². The lowest BCUT2D eigenvalue weighted by molar-refractivity contribution is 0.249. The van der Waals surface area contributed by atoms with Crippen molar-refractivity contribution in [2.24, 2.45) is 0 Å². The van der Waals surface area contributed by atoms with Gasteiger partial charge >= 0.3 is 6.03 Å². The molecule has 0 bridgehead atoms. The minimum absolute atomic E-state index is 0.199. The molecule has 2 amide bonds. The number of benzene rings is 1. The Hall–Kier alpha value is -3.02. The molecule has 2 heterocycles. The lowest BCUT2D eigenvalue weighted by atomic mass is 10.2. The fourth-order valence-electron chi connectivity index (χ4n) is 2.64. The molecule has 0 saturated carbocycles. The molecule has 124 valence electrons. The van der Waals surface area contributed by atoms with Crippen molar-refractivity contribution in [2.45, 2.75) is 19.9 Å². The van der Waals surface area contributed by atoms with Gasteiger partial charge in [0.25, 0.3) is 0 Å². The molecule has 3 aromatic rings. The van der Waals surface area contributed by atoms with E-state index in [1.807, 2.05) is 67.1 Å². The van der Waals surface area contributed by atoms with Crippen molar-refractivity contribution in [2.75, 3.05) is 11.9 Å². The molecule has 0 radical (unpaired) electrons. The normalized spacial score (nSPS) is 11.9. The van der Waals surface area contributed by atoms with Crippen LogP contribution in [-0.2, 0) is 0 Å². The second-order valence-corrected chi connectivity index (χ2v) is 5.60. The molecule has 0 fully saturated rings. The van der Waals surface area contributed by atoms with E-state index in [-0.39, 0.29) is 12.1 Å². The number of furan rings is 1. The predicted molar refractivity (Wildman–Crippen MR) is 92.0 cm³/mol. The molecule has 1 atom stereocenters. The molecule has 6 nitrogen and oxygen atoms in total. The summed E-state index contributed by atoms with van der Waals surface area (Å²) in [4.78, 5) is 12.1. The first kappa shape index (κ1) is 15.9. The van der Waals surface area contributed by atoms with E-state index in [1.54, 1.807) is 6.26 Å². The van der Waals surface area contributed by atoms with E-state index in [4.69, 9.17) is 4.42 Å². The van der Waals surface area contributed by atoms with Crippen LogP contribution < -0.4 is 10.6 Å². The summed E-state index contributed by atoms with van der Waals surface area (Å²) in [6, 6.07) is 14.6. The van der Waals surface area contributed by atoms with Gasteiger partial charge in [0.2, 0.25) is 0 Å². The van der Waals surface area contributed by atoms with Crippen molar-refractivity contribution in [1.82, 2.24) is 15.1 Å². The molecular weight excluding hydrogens is 304 g/mol. The Labute approximate surface area is 140 Å². The predicted octanol–water partition coefficient (Wildman–Crippen LogP) is 3.50. The van der Waals surface area contributed by atoms with Gasteiger partial charge in [-0.25, -0.2) is 4.79 Å². The minimum Gasteiger partial charge on any atom is -0.467 e. The number of aromatic nitrogens is 2. The number of carbonyl (C=O) groups is 1. The molecule has 1 unspecified atom stereocenters. The number of aryl methyl sites for hydroxylation is 2. The number of nitrogens with one attached hydrogen (secondary N) is 2. The van der Waals surface area contributed by atoms with Crippen LogP contribution in [0, 0.1) is 13.8 Å². The van der Waals surface area contributed by atoms with Crippen molar-refractivity contribution >= 4 is 11.7 Å². The molecule has 0 aliphatic carbocycles. The zero-order valence-corrected chi connectivity index (χ0v) is 13.7. The Balaban J connectivity index is 1.71. The number of amides is 2. The van der Waals surface area contributed by atoms with E-state index < -0.39 is 0 Å². The van der Waals surface area contributed by atoms with Gasteiger partial charge in [0.05, 0.1) is 12.0 Å². The summed E-state index contributed by atoms with van der Waals surface area (Å²) < 4.78 is 7.40. The molecule has 0 spiro atoms. The van der Waals surface area contributed by atoms with Crippen LogP contribution in [0.15, 0.2) is 59.2 Å². The van der Waals surface area contributed by atoms with Crippen LogP contribution in [-0.4, -0.2) is 22.4 Å². The molecule has 2 N–H and O–H groups in total. The van der Waals surface area contributed by atoms with Crippen LogP contribution in [0.2, 0.25) is 0 Å². The van der Waals surface area contributed by atoms with Crippen molar-refractivity contribution < 1.29 is 9.21 Å². The maximum Gasteiger partial charge on any atom is 0.319 e. The minimum atomic E-state index is -0.265. The number of anilines is 1. The third-order valence-electron chi connectivity index (χ3n) is 3.70. The van der Waals surface area contributed by atoms with E-state index in [1.165, 1.54) is 0 Å². The van der Waals surface area contributed by atoms with Gasteiger partial charge in [-0.3, -0.25) is 4.68 Å². The third kappa shape index (κ3) is 3.65. The molecular formula is C18H20N4O2.